The van der Waals surface area contributed by atoms with E-state index in [1.54, 1.807) is 0 Å². The molecule has 1 amide bonds. The van der Waals surface area contributed by atoms with Gasteiger partial charge in [-0.1, -0.05) is 20.8 Å². The van der Waals surface area contributed by atoms with Gasteiger partial charge in [0, 0.05) is 6.42 Å². The van der Waals surface area contributed by atoms with Crippen LogP contribution >= 0.6 is 0 Å². The monoisotopic (exact) mass is 465 g/mol. The van der Waals surface area contributed by atoms with Crippen molar-refractivity contribution in [2.45, 2.75) is 96.9 Å². The Balaban J connectivity index is 1.49. The molecule has 4 aliphatic carbocycles. The third-order valence-electron chi connectivity index (χ3n) is 10.8. The second kappa shape index (κ2) is 9.12. The number of nitrogens with one attached hydrogen (secondary N) is 1. The SMILES string of the molecule is C[C@H](CCC(=O)NCC(=O)O)[C@H]1CC[C@@H]2[C@H]3[C@H](O)C[C@H]4C[C@H](O)CC[C@]4(C)[C@H]3C[C@H](O)[C@@]21C. The van der Waals surface area contributed by atoms with Crippen molar-refractivity contribution in [2.24, 2.45) is 46.3 Å². The number of aliphatic hydroxyl groups is 3. The minimum Gasteiger partial charge on any atom is -0.480 e. The van der Waals surface area contributed by atoms with Gasteiger partial charge in [0.05, 0.1) is 18.3 Å². The van der Waals surface area contributed by atoms with Crippen molar-refractivity contribution in [1.29, 1.82) is 0 Å². The molecule has 0 saturated heterocycles. The number of carboxylic acid groups (broad SMARTS) is 1. The molecule has 7 nitrogen and oxygen atoms in total. The van der Waals surface area contributed by atoms with Crippen molar-refractivity contribution >= 4 is 11.9 Å². The number of carbonyl (C=O) groups is 2. The van der Waals surface area contributed by atoms with Crippen molar-refractivity contribution in [3.63, 3.8) is 0 Å². The van der Waals surface area contributed by atoms with E-state index in [0.717, 1.165) is 38.5 Å². The Bertz CT molecular complexity index is 759. The molecule has 11 atom stereocenters. The van der Waals surface area contributed by atoms with Crippen LogP contribution in [-0.4, -0.2) is 57.2 Å². The number of hydrogen-bond acceptors (Lipinski definition) is 5. The molecular weight excluding hydrogens is 422 g/mol. The van der Waals surface area contributed by atoms with E-state index in [-0.39, 0.29) is 65.1 Å². The molecule has 5 N–H and O–H groups in total. The van der Waals surface area contributed by atoms with E-state index in [1.807, 2.05) is 0 Å². The number of amides is 1. The van der Waals surface area contributed by atoms with E-state index in [2.05, 4.69) is 26.1 Å². The zero-order valence-corrected chi connectivity index (χ0v) is 20.4. The first-order valence-corrected chi connectivity index (χ1v) is 13.0. The van der Waals surface area contributed by atoms with Crippen LogP contribution in [0.25, 0.3) is 0 Å². The lowest BCUT2D eigenvalue weighted by Gasteiger charge is -2.63. The molecule has 0 spiro atoms. The van der Waals surface area contributed by atoms with Gasteiger partial charge in [0.1, 0.15) is 6.54 Å². The first-order valence-electron chi connectivity index (χ1n) is 13.0. The van der Waals surface area contributed by atoms with Crippen LogP contribution in [0.5, 0.6) is 0 Å². The van der Waals surface area contributed by atoms with E-state index in [4.69, 9.17) is 5.11 Å². The molecule has 4 saturated carbocycles. The summed E-state index contributed by atoms with van der Waals surface area (Å²) in [4.78, 5) is 22.7. The van der Waals surface area contributed by atoms with Gasteiger partial charge in [0.25, 0.3) is 0 Å². The van der Waals surface area contributed by atoms with Crippen molar-refractivity contribution in [1.82, 2.24) is 5.32 Å². The summed E-state index contributed by atoms with van der Waals surface area (Å²) >= 11 is 0. The minimum atomic E-state index is -1.04. The van der Waals surface area contributed by atoms with Crippen molar-refractivity contribution < 1.29 is 30.0 Å². The number of carboxylic acids is 1. The van der Waals surface area contributed by atoms with Crippen LogP contribution in [0.1, 0.15) is 78.6 Å². The highest BCUT2D eigenvalue weighted by molar-refractivity contribution is 5.81. The number of aliphatic carboxylic acids is 1. The molecule has 4 fully saturated rings. The summed E-state index contributed by atoms with van der Waals surface area (Å²) in [7, 11) is 0. The lowest BCUT2D eigenvalue weighted by molar-refractivity contribution is -0.207. The van der Waals surface area contributed by atoms with Gasteiger partial charge in [-0.15, -0.1) is 0 Å². The zero-order valence-electron chi connectivity index (χ0n) is 20.4. The van der Waals surface area contributed by atoms with Gasteiger partial charge in [-0.2, -0.15) is 0 Å². The molecule has 4 rings (SSSR count). The van der Waals surface area contributed by atoms with Crippen LogP contribution in [0.3, 0.4) is 0 Å². The van der Waals surface area contributed by atoms with Gasteiger partial charge in [-0.25, -0.2) is 0 Å². The van der Waals surface area contributed by atoms with Gasteiger partial charge in [-0.3, -0.25) is 9.59 Å². The van der Waals surface area contributed by atoms with E-state index in [0.29, 0.717) is 25.2 Å². The fraction of sp³-hybridized carbons (Fsp3) is 0.923. The summed E-state index contributed by atoms with van der Waals surface area (Å²) in [6.45, 7) is 6.35. The molecule has 0 bridgehead atoms. The molecule has 188 valence electrons. The Morgan fingerprint density at radius 3 is 2.45 bits per heavy atom. The fourth-order valence-electron chi connectivity index (χ4n) is 8.95. The Kier molecular flexibility index (Phi) is 6.89. The lowest BCUT2D eigenvalue weighted by Crippen LogP contribution is -2.62. The van der Waals surface area contributed by atoms with E-state index in [9.17, 15) is 24.9 Å². The highest BCUT2D eigenvalue weighted by Gasteiger charge is 2.65. The molecule has 7 heteroatoms. The highest BCUT2D eigenvalue weighted by atomic mass is 16.4. The summed E-state index contributed by atoms with van der Waals surface area (Å²) in [6.07, 6.45) is 5.86. The summed E-state index contributed by atoms with van der Waals surface area (Å²) in [6, 6.07) is 0. The first kappa shape index (κ1) is 24.9. The van der Waals surface area contributed by atoms with Crippen molar-refractivity contribution in [2.75, 3.05) is 6.54 Å². The Hall–Kier alpha value is -1.18. The molecule has 4 aliphatic rings. The maximum Gasteiger partial charge on any atom is 0.322 e. The van der Waals surface area contributed by atoms with Crippen LogP contribution in [0.4, 0.5) is 0 Å². The summed E-state index contributed by atoms with van der Waals surface area (Å²) in [5.41, 5.74) is -0.214. The third kappa shape index (κ3) is 4.23. The molecule has 0 radical (unpaired) electrons. The average Bonchev–Trinajstić information content (AvgIpc) is 3.11. The molecule has 0 aromatic carbocycles. The fourth-order valence-corrected chi connectivity index (χ4v) is 8.95. The quantitative estimate of drug-likeness (QED) is 0.410. The maximum absolute atomic E-state index is 12.0. The van der Waals surface area contributed by atoms with Gasteiger partial charge in [0.15, 0.2) is 0 Å². The van der Waals surface area contributed by atoms with Crippen LogP contribution in [-0.2, 0) is 9.59 Å². The zero-order chi connectivity index (χ0) is 24.1. The van der Waals surface area contributed by atoms with Crippen LogP contribution in [0.15, 0.2) is 0 Å². The number of aliphatic hydroxyl groups excluding tert-OH is 3. The number of carbonyl (C=O) groups excluding carboxylic acids is 1. The van der Waals surface area contributed by atoms with Gasteiger partial charge >= 0.3 is 5.97 Å². The molecule has 0 aromatic heterocycles. The molecule has 0 unspecified atom stereocenters. The standard InChI is InChI=1S/C26H43NO6/c1-14(4-7-22(31)27-13-23(32)33)17-5-6-18-24-19(12-21(30)26(17,18)3)25(2)9-8-16(28)10-15(25)11-20(24)29/h14-21,24,28-30H,4-13H2,1-3H3,(H,27,31)(H,32,33)/t14-,15-,16-,17-,18-,19+,20-,21+,24-,25+,26-/m1/s1. The van der Waals surface area contributed by atoms with Crippen LogP contribution in [0.2, 0.25) is 0 Å². The molecule has 0 aliphatic heterocycles. The summed E-state index contributed by atoms with van der Waals surface area (Å²) < 4.78 is 0. The lowest BCUT2D eigenvalue weighted by atomic mass is 9.43. The average molecular weight is 466 g/mol. The first-order chi connectivity index (χ1) is 15.5. The number of hydrogen-bond donors (Lipinski definition) is 5. The molecule has 33 heavy (non-hydrogen) atoms. The minimum absolute atomic E-state index is 0.0668. The topological polar surface area (TPSA) is 127 Å². The Labute approximate surface area is 197 Å². The Morgan fingerprint density at radius 1 is 1.03 bits per heavy atom. The second-order valence-electron chi connectivity index (χ2n) is 12.2. The van der Waals surface area contributed by atoms with Gasteiger partial charge in [0.2, 0.25) is 5.91 Å². The predicted octanol–water partition coefficient (Wildman–Crippen LogP) is 2.56. The van der Waals surface area contributed by atoms with Crippen molar-refractivity contribution in [3.05, 3.63) is 0 Å². The third-order valence-corrected chi connectivity index (χ3v) is 10.8. The van der Waals surface area contributed by atoms with E-state index < -0.39 is 12.1 Å². The number of rotatable bonds is 6. The molecule has 0 heterocycles. The Morgan fingerprint density at radius 2 is 1.76 bits per heavy atom. The summed E-state index contributed by atoms with van der Waals surface area (Å²) in [5, 5.41) is 44.4. The normalized spacial score (nSPS) is 47.7. The summed E-state index contributed by atoms with van der Waals surface area (Å²) in [5.74, 6) is 0.265. The largest absolute Gasteiger partial charge is 0.480 e. The van der Waals surface area contributed by atoms with Crippen LogP contribution in [0, 0.1) is 46.3 Å². The predicted molar refractivity (Wildman–Crippen MR) is 123 cm³/mol. The van der Waals surface area contributed by atoms with Crippen LogP contribution < -0.4 is 5.32 Å². The number of fused-ring (bicyclic) bond motifs is 5. The van der Waals surface area contributed by atoms with E-state index in [1.165, 1.54) is 0 Å². The highest BCUT2D eigenvalue weighted by Crippen LogP contribution is 2.68. The smallest absolute Gasteiger partial charge is 0.322 e. The van der Waals surface area contributed by atoms with E-state index >= 15 is 0 Å². The van der Waals surface area contributed by atoms with Gasteiger partial charge < -0.3 is 25.7 Å². The van der Waals surface area contributed by atoms with Crippen molar-refractivity contribution in [3.8, 4) is 0 Å². The second-order valence-corrected chi connectivity index (χ2v) is 12.2. The molecule has 0 aromatic rings. The molecular formula is C26H43NO6. The van der Waals surface area contributed by atoms with Gasteiger partial charge in [-0.05, 0) is 97.7 Å². The maximum atomic E-state index is 12.0.